The molecular weight excluding hydrogens is 530 g/mol. The van der Waals surface area contributed by atoms with Crippen molar-refractivity contribution in [2.24, 2.45) is 5.73 Å². The molecule has 0 aliphatic carbocycles. The normalized spacial score (nSPS) is 14.1. The molecule has 0 unspecified atom stereocenters. The fourth-order valence-corrected chi connectivity index (χ4v) is 4.60. The van der Waals surface area contributed by atoms with E-state index in [-0.39, 0.29) is 17.1 Å². The largest absolute Gasteiger partial charge is 0.478 e. The Morgan fingerprint density at radius 2 is 1.56 bits per heavy atom. The zero-order valence-electron chi connectivity index (χ0n) is 22.5. The van der Waals surface area contributed by atoms with Gasteiger partial charge in [-0.2, -0.15) is 4.98 Å². The monoisotopic (exact) mass is 560 g/mol. The highest BCUT2D eigenvalue weighted by Crippen LogP contribution is 2.33. The Hall–Kier alpha value is -4.38. The van der Waals surface area contributed by atoms with E-state index in [1.54, 1.807) is 30.3 Å². The predicted molar refractivity (Wildman–Crippen MR) is 150 cm³/mol. The van der Waals surface area contributed by atoms with Crippen molar-refractivity contribution in [3.05, 3.63) is 101 Å². The summed E-state index contributed by atoms with van der Waals surface area (Å²) in [7, 11) is 2.06. The molecule has 4 aromatic rings. The summed E-state index contributed by atoms with van der Waals surface area (Å²) in [6.45, 7) is 4.53. The summed E-state index contributed by atoms with van der Waals surface area (Å²) >= 11 is 0. The van der Waals surface area contributed by atoms with Gasteiger partial charge < -0.3 is 25.2 Å². The van der Waals surface area contributed by atoms with Crippen molar-refractivity contribution < 1.29 is 28.2 Å². The molecular formula is C31H30F2N4O4. The maximum atomic E-state index is 14.8. The molecule has 0 saturated carbocycles. The number of aromatic carboxylic acids is 1. The highest BCUT2D eigenvalue weighted by molar-refractivity contribution is 5.91. The minimum absolute atomic E-state index is 0.102. The number of ether oxygens (including phenoxy) is 2. The van der Waals surface area contributed by atoms with Gasteiger partial charge >= 0.3 is 5.97 Å². The van der Waals surface area contributed by atoms with E-state index in [9.17, 15) is 18.7 Å². The zero-order chi connectivity index (χ0) is 28.9. The van der Waals surface area contributed by atoms with Crippen LogP contribution in [-0.2, 0) is 13.1 Å². The molecule has 0 spiro atoms. The van der Waals surface area contributed by atoms with Crippen molar-refractivity contribution in [1.82, 2.24) is 14.8 Å². The minimum Gasteiger partial charge on any atom is -0.478 e. The molecule has 8 nitrogen and oxygen atoms in total. The summed E-state index contributed by atoms with van der Waals surface area (Å²) in [4.78, 5) is 20.3. The number of hydrogen-bond acceptors (Lipinski definition) is 7. The lowest BCUT2D eigenvalue weighted by Gasteiger charge is -2.32. The van der Waals surface area contributed by atoms with E-state index in [4.69, 9.17) is 15.2 Å². The second kappa shape index (κ2) is 12.4. The van der Waals surface area contributed by atoms with E-state index in [1.165, 1.54) is 6.07 Å². The lowest BCUT2D eigenvalue weighted by Crippen LogP contribution is -2.43. The summed E-state index contributed by atoms with van der Waals surface area (Å²) in [6.07, 6.45) is 0. The molecule has 0 atom stereocenters. The van der Waals surface area contributed by atoms with Crippen LogP contribution in [0.25, 0.3) is 11.1 Å². The van der Waals surface area contributed by atoms with E-state index in [2.05, 4.69) is 21.8 Å². The molecule has 212 valence electrons. The number of carboxylic acids is 1. The van der Waals surface area contributed by atoms with E-state index in [0.29, 0.717) is 19.2 Å². The second-order valence-electron chi connectivity index (χ2n) is 9.91. The van der Waals surface area contributed by atoms with Crippen LogP contribution in [0.2, 0.25) is 0 Å². The van der Waals surface area contributed by atoms with Crippen LogP contribution in [0.3, 0.4) is 0 Å². The van der Waals surface area contributed by atoms with Crippen LogP contribution in [0.15, 0.2) is 72.8 Å². The molecule has 1 aromatic heterocycles. The summed E-state index contributed by atoms with van der Waals surface area (Å²) < 4.78 is 40.9. The zero-order valence-corrected chi connectivity index (χ0v) is 22.5. The number of nitrogens with two attached hydrogens (primary N) is 1. The third-order valence-corrected chi connectivity index (χ3v) is 6.89. The van der Waals surface area contributed by atoms with Gasteiger partial charge in [0.2, 0.25) is 0 Å². The Morgan fingerprint density at radius 3 is 2.27 bits per heavy atom. The maximum Gasteiger partial charge on any atom is 0.339 e. The van der Waals surface area contributed by atoms with E-state index >= 15 is 0 Å². The molecule has 3 N–H and O–H groups in total. The molecule has 3 aromatic carbocycles. The lowest BCUT2D eigenvalue weighted by molar-refractivity contribution is 0.0694. The first-order valence-electron chi connectivity index (χ1n) is 13.2. The molecule has 1 aliphatic heterocycles. The molecule has 0 bridgehead atoms. The number of aromatic nitrogens is 1. The number of nitrogens with zero attached hydrogens (tertiary/aromatic N) is 3. The number of likely N-dealkylation sites (N-methyl/N-ethyl adjacent to an activating group) is 1. The van der Waals surface area contributed by atoms with Crippen molar-refractivity contribution in [1.29, 1.82) is 0 Å². The average Bonchev–Trinajstić information content (AvgIpc) is 2.97. The van der Waals surface area contributed by atoms with E-state index < -0.39 is 29.4 Å². The quantitative estimate of drug-likeness (QED) is 0.276. The number of halogens is 2. The molecule has 1 aliphatic rings. The number of pyridine rings is 1. The Balaban J connectivity index is 1.40. The topological polar surface area (TPSA) is 101 Å². The van der Waals surface area contributed by atoms with Crippen molar-refractivity contribution in [2.75, 3.05) is 33.2 Å². The molecule has 1 fully saturated rings. The first kappa shape index (κ1) is 28.2. The molecule has 0 radical (unpaired) electrons. The van der Waals surface area contributed by atoms with Crippen LogP contribution in [0, 0.1) is 11.6 Å². The van der Waals surface area contributed by atoms with Gasteiger partial charge in [-0.05, 0) is 59.6 Å². The Morgan fingerprint density at radius 1 is 0.878 bits per heavy atom. The number of carbonyl (C=O) groups is 1. The van der Waals surface area contributed by atoms with Crippen LogP contribution in [-0.4, -0.2) is 59.1 Å². The van der Waals surface area contributed by atoms with Crippen molar-refractivity contribution in [2.45, 2.75) is 13.1 Å². The Bertz CT molecular complexity index is 1560. The third kappa shape index (κ3) is 6.86. The van der Waals surface area contributed by atoms with Gasteiger partial charge in [0.15, 0.2) is 11.6 Å². The number of piperazine rings is 1. The van der Waals surface area contributed by atoms with Gasteiger partial charge in [0.25, 0.3) is 11.8 Å². The van der Waals surface area contributed by atoms with Gasteiger partial charge in [0.1, 0.15) is 17.1 Å². The Labute approximate surface area is 236 Å². The Kier molecular flexibility index (Phi) is 8.53. The van der Waals surface area contributed by atoms with Crippen LogP contribution in [0.4, 0.5) is 8.78 Å². The maximum absolute atomic E-state index is 14.8. The number of carboxylic acid groups (broad SMARTS) is 1. The summed E-state index contributed by atoms with van der Waals surface area (Å²) in [6, 6.07) is 19.8. The van der Waals surface area contributed by atoms with Crippen molar-refractivity contribution in [3.63, 3.8) is 0 Å². The van der Waals surface area contributed by atoms with Crippen LogP contribution in [0.1, 0.15) is 21.5 Å². The number of hydrogen-bond donors (Lipinski definition) is 2. The SMILES string of the molecule is CN1CCN(Cc2ccc(C(=O)O)c(Oc3nc(Oc4cccc(-c5cccc(CN)c5)c4)c(F)cc3F)c2)CC1. The van der Waals surface area contributed by atoms with Gasteiger partial charge in [-0.3, -0.25) is 4.90 Å². The summed E-state index contributed by atoms with van der Waals surface area (Å²) in [5.41, 5.74) is 9.03. The molecule has 5 rings (SSSR count). The third-order valence-electron chi connectivity index (χ3n) is 6.89. The summed E-state index contributed by atoms with van der Waals surface area (Å²) in [5.74, 6) is -4.33. The van der Waals surface area contributed by atoms with Crippen molar-refractivity contribution in [3.8, 4) is 34.4 Å². The number of benzene rings is 3. The molecule has 10 heteroatoms. The van der Waals surface area contributed by atoms with Gasteiger partial charge in [-0.15, -0.1) is 0 Å². The number of rotatable bonds is 9. The van der Waals surface area contributed by atoms with E-state index in [1.807, 2.05) is 30.3 Å². The van der Waals surface area contributed by atoms with Crippen LogP contribution < -0.4 is 15.2 Å². The van der Waals surface area contributed by atoms with Gasteiger partial charge in [-0.25, -0.2) is 13.6 Å². The van der Waals surface area contributed by atoms with Crippen LogP contribution in [0.5, 0.6) is 23.3 Å². The highest BCUT2D eigenvalue weighted by Gasteiger charge is 2.21. The molecule has 2 heterocycles. The average molecular weight is 561 g/mol. The highest BCUT2D eigenvalue weighted by atomic mass is 19.1. The minimum atomic E-state index is -1.25. The van der Waals surface area contributed by atoms with E-state index in [0.717, 1.165) is 48.4 Å². The fourth-order valence-electron chi connectivity index (χ4n) is 4.60. The molecule has 1 saturated heterocycles. The molecule has 41 heavy (non-hydrogen) atoms. The smallest absolute Gasteiger partial charge is 0.339 e. The predicted octanol–water partition coefficient (Wildman–Crippen LogP) is 5.52. The lowest BCUT2D eigenvalue weighted by atomic mass is 10.0. The standard InChI is InChI=1S/C31H30F2N4O4/c1-36-10-12-37(13-11-36)19-21-8-9-25(31(38)39)28(15-21)41-30-27(33)17-26(32)29(35-30)40-24-7-3-6-23(16-24)22-5-2-4-20(14-22)18-34/h2-9,14-17H,10-13,18-19,34H2,1H3,(H,38,39). The molecule has 0 amide bonds. The van der Waals surface area contributed by atoms with Gasteiger partial charge in [-0.1, -0.05) is 36.4 Å². The fraction of sp³-hybridized carbons (Fsp3) is 0.226. The first-order valence-corrected chi connectivity index (χ1v) is 13.2. The van der Waals surface area contributed by atoms with Crippen molar-refractivity contribution >= 4 is 5.97 Å². The first-order chi connectivity index (χ1) is 19.8. The van der Waals surface area contributed by atoms with Gasteiger partial charge in [0.05, 0.1) is 0 Å². The van der Waals surface area contributed by atoms with Crippen LogP contribution >= 0.6 is 0 Å². The second-order valence-corrected chi connectivity index (χ2v) is 9.91. The summed E-state index contributed by atoms with van der Waals surface area (Å²) in [5, 5.41) is 9.70. The van der Waals surface area contributed by atoms with Gasteiger partial charge in [0, 0.05) is 45.3 Å².